The van der Waals surface area contributed by atoms with E-state index in [-0.39, 0.29) is 0 Å². The molecule has 298 valence electrons. The van der Waals surface area contributed by atoms with E-state index in [2.05, 4.69) is 207 Å². The predicted octanol–water partition coefficient (Wildman–Crippen LogP) is 13.1. The number of pyridine rings is 2. The van der Waals surface area contributed by atoms with Crippen LogP contribution in [0.4, 0.5) is 34.4 Å². The maximum atomic E-state index is 5.17. The summed E-state index contributed by atoms with van der Waals surface area (Å²) in [6.07, 6.45) is 3.86. The van der Waals surface area contributed by atoms with Gasteiger partial charge in [0.2, 0.25) is 0 Å². The molecule has 6 aromatic carbocycles. The third-order valence-electron chi connectivity index (χ3n) is 13.1. The Bertz CT molecular complexity index is 2800. The molecule has 0 saturated heterocycles. The van der Waals surface area contributed by atoms with Crippen molar-refractivity contribution in [1.82, 2.24) is 9.97 Å². The van der Waals surface area contributed by atoms with Crippen LogP contribution < -0.4 is 19.6 Å². The lowest BCUT2D eigenvalue weighted by Gasteiger charge is -2.49. The zero-order valence-corrected chi connectivity index (χ0v) is 35.6. The Morgan fingerprint density at radius 3 is 1.26 bits per heavy atom. The molecule has 61 heavy (non-hydrogen) atoms. The van der Waals surface area contributed by atoms with Gasteiger partial charge in [0.1, 0.15) is 0 Å². The van der Waals surface area contributed by atoms with Crippen LogP contribution in [-0.2, 0) is 5.66 Å². The number of hydrogen-bond donors (Lipinski definition) is 0. The Morgan fingerprint density at radius 1 is 0.426 bits per heavy atom. The van der Waals surface area contributed by atoms with Crippen molar-refractivity contribution < 1.29 is 0 Å². The van der Waals surface area contributed by atoms with Crippen LogP contribution in [0.1, 0.15) is 44.5 Å². The second-order valence-electron chi connectivity index (χ2n) is 17.1. The summed E-state index contributed by atoms with van der Waals surface area (Å²) in [4.78, 5) is 20.3. The highest BCUT2D eigenvalue weighted by Gasteiger charge is 2.57. The standard InChI is InChI=1S/C55H48N6/c1-35-27-37(3)51(38(4)28-35)41-15-11-17-43(31-41)58-33-60(49-23-13-25-56-53(49)58)55(47-21-9-7-19-45(47)46-20-8-10-22-48(46)55)61-34-59(54-50(61)24-14-26-57-54)44-18-12-16-42(32-44)52-39(5)29-36(2)30-40(52)6/h7-32H,33-34H2,1-6H3. The Kier molecular flexibility index (Phi) is 8.43. The maximum Gasteiger partial charge on any atom is 0.170 e. The first-order chi connectivity index (χ1) is 29.7. The molecule has 0 radical (unpaired) electrons. The van der Waals surface area contributed by atoms with E-state index < -0.39 is 5.66 Å². The zero-order valence-electron chi connectivity index (χ0n) is 35.6. The number of aryl methyl sites for hydroxylation is 6. The number of fused-ring (bicyclic) bond motifs is 5. The first kappa shape index (κ1) is 36.9. The van der Waals surface area contributed by atoms with Crippen molar-refractivity contribution in [3.8, 4) is 33.4 Å². The largest absolute Gasteiger partial charge is 0.319 e. The molecule has 2 aliphatic heterocycles. The van der Waals surface area contributed by atoms with E-state index in [0.29, 0.717) is 13.3 Å². The maximum absolute atomic E-state index is 5.17. The summed E-state index contributed by atoms with van der Waals surface area (Å²) >= 11 is 0. The summed E-state index contributed by atoms with van der Waals surface area (Å²) in [6.45, 7) is 14.4. The first-order valence-electron chi connectivity index (χ1n) is 21.3. The second-order valence-corrected chi connectivity index (χ2v) is 17.1. The summed E-state index contributed by atoms with van der Waals surface area (Å²) in [5.74, 6) is 1.88. The summed E-state index contributed by atoms with van der Waals surface area (Å²) in [7, 11) is 0. The van der Waals surface area contributed by atoms with Crippen molar-refractivity contribution in [2.24, 2.45) is 0 Å². The fourth-order valence-electron chi connectivity index (χ4n) is 11.0. The number of rotatable bonds is 6. The van der Waals surface area contributed by atoms with Gasteiger partial charge < -0.3 is 19.6 Å². The highest BCUT2D eigenvalue weighted by Crippen LogP contribution is 2.60. The van der Waals surface area contributed by atoms with Crippen LogP contribution in [0, 0.1) is 41.5 Å². The molecule has 6 heteroatoms. The smallest absolute Gasteiger partial charge is 0.170 e. The third kappa shape index (κ3) is 5.55. The number of nitrogens with zero attached hydrogens (tertiary/aromatic N) is 6. The molecular formula is C55H48N6. The average molecular weight is 793 g/mol. The lowest BCUT2D eigenvalue weighted by atomic mass is 9.92. The number of hydrogen-bond acceptors (Lipinski definition) is 6. The van der Waals surface area contributed by atoms with Crippen molar-refractivity contribution in [1.29, 1.82) is 0 Å². The fourth-order valence-corrected chi connectivity index (χ4v) is 11.0. The minimum absolute atomic E-state index is 0.581. The number of anilines is 6. The molecule has 4 heterocycles. The van der Waals surface area contributed by atoms with Crippen molar-refractivity contribution in [3.63, 3.8) is 0 Å². The summed E-state index contributed by atoms with van der Waals surface area (Å²) in [6, 6.07) is 53.8. The second kappa shape index (κ2) is 14.0. The summed E-state index contributed by atoms with van der Waals surface area (Å²) in [5.41, 5.74) is 21.3. The van der Waals surface area contributed by atoms with E-state index in [0.717, 1.165) is 34.4 Å². The zero-order chi connectivity index (χ0) is 41.6. The molecular weight excluding hydrogens is 745 g/mol. The Labute approximate surface area is 359 Å². The van der Waals surface area contributed by atoms with E-state index in [1.807, 2.05) is 12.4 Å². The minimum atomic E-state index is -0.768. The molecule has 0 saturated carbocycles. The fraction of sp³-hybridized carbons (Fsp3) is 0.164. The molecule has 3 aliphatic rings. The molecule has 0 N–H and O–H groups in total. The Balaban J connectivity index is 1.10. The molecule has 0 atom stereocenters. The molecule has 6 nitrogen and oxygen atoms in total. The van der Waals surface area contributed by atoms with E-state index in [4.69, 9.17) is 9.97 Å². The molecule has 0 fully saturated rings. The van der Waals surface area contributed by atoms with Gasteiger partial charge in [-0.1, -0.05) is 108 Å². The van der Waals surface area contributed by atoms with Crippen LogP contribution in [-0.4, -0.2) is 23.3 Å². The monoisotopic (exact) mass is 792 g/mol. The van der Waals surface area contributed by atoms with Gasteiger partial charge in [0.15, 0.2) is 17.3 Å². The summed E-state index contributed by atoms with van der Waals surface area (Å²) < 4.78 is 0. The normalized spacial score (nSPS) is 14.6. The molecule has 0 bridgehead atoms. The molecule has 0 spiro atoms. The molecule has 0 amide bonds. The number of aromatic nitrogens is 2. The molecule has 2 aromatic heterocycles. The van der Waals surface area contributed by atoms with Crippen molar-refractivity contribution in [2.75, 3.05) is 32.9 Å². The van der Waals surface area contributed by atoms with E-state index in [1.165, 1.54) is 77.9 Å². The van der Waals surface area contributed by atoms with Gasteiger partial charge in [-0.05, 0) is 146 Å². The van der Waals surface area contributed by atoms with Crippen LogP contribution in [0.5, 0.6) is 0 Å². The van der Waals surface area contributed by atoms with Crippen LogP contribution in [0.15, 0.2) is 158 Å². The third-order valence-corrected chi connectivity index (χ3v) is 13.1. The molecule has 8 aromatic rings. The quantitative estimate of drug-likeness (QED) is 0.167. The molecule has 11 rings (SSSR count). The first-order valence-corrected chi connectivity index (χ1v) is 21.3. The summed E-state index contributed by atoms with van der Waals surface area (Å²) in [5, 5.41) is 0. The van der Waals surface area contributed by atoms with Gasteiger partial charge in [-0.2, -0.15) is 0 Å². The van der Waals surface area contributed by atoms with Crippen molar-refractivity contribution in [2.45, 2.75) is 47.2 Å². The number of benzene rings is 6. The van der Waals surface area contributed by atoms with Gasteiger partial charge >= 0.3 is 0 Å². The minimum Gasteiger partial charge on any atom is -0.319 e. The topological polar surface area (TPSA) is 38.7 Å². The highest BCUT2D eigenvalue weighted by atomic mass is 15.6. The van der Waals surface area contributed by atoms with Gasteiger partial charge in [0.05, 0.1) is 24.7 Å². The van der Waals surface area contributed by atoms with Crippen molar-refractivity contribution in [3.05, 3.63) is 202 Å². The van der Waals surface area contributed by atoms with Crippen LogP contribution >= 0.6 is 0 Å². The van der Waals surface area contributed by atoms with Gasteiger partial charge in [-0.25, -0.2) is 9.97 Å². The van der Waals surface area contributed by atoms with E-state index in [1.54, 1.807) is 0 Å². The van der Waals surface area contributed by atoms with Crippen LogP contribution in [0.2, 0.25) is 0 Å². The van der Waals surface area contributed by atoms with Gasteiger partial charge in [0.25, 0.3) is 0 Å². The lowest BCUT2D eigenvalue weighted by Crippen LogP contribution is -2.59. The Hall–Kier alpha value is -7.18. The SMILES string of the molecule is Cc1cc(C)c(-c2cccc(N3CN(C4(N5CN(c6cccc(-c7c(C)cc(C)cc7C)c6)c6ncccc65)c5ccccc5-c5ccccc54)c4cccnc43)c2)c(C)c1. The Morgan fingerprint density at radius 2 is 0.836 bits per heavy atom. The van der Waals surface area contributed by atoms with Crippen molar-refractivity contribution >= 4 is 34.4 Å². The van der Waals surface area contributed by atoms with E-state index in [9.17, 15) is 0 Å². The predicted molar refractivity (Wildman–Crippen MR) is 252 cm³/mol. The van der Waals surface area contributed by atoms with Gasteiger partial charge in [-0.15, -0.1) is 0 Å². The van der Waals surface area contributed by atoms with Gasteiger partial charge in [-0.3, -0.25) is 0 Å². The van der Waals surface area contributed by atoms with Crippen LogP contribution in [0.25, 0.3) is 33.4 Å². The molecule has 1 aliphatic carbocycles. The van der Waals surface area contributed by atoms with E-state index >= 15 is 0 Å². The molecule has 0 unspecified atom stereocenters. The lowest BCUT2D eigenvalue weighted by molar-refractivity contribution is 0.472. The van der Waals surface area contributed by atoms with Crippen LogP contribution in [0.3, 0.4) is 0 Å². The van der Waals surface area contributed by atoms with Gasteiger partial charge in [0, 0.05) is 34.9 Å². The average Bonchev–Trinajstić information content (AvgIpc) is 3.93. The highest BCUT2D eigenvalue weighted by molar-refractivity contribution is 5.93.